The van der Waals surface area contributed by atoms with Crippen LogP contribution >= 0.6 is 11.8 Å². The Morgan fingerprint density at radius 2 is 2.12 bits per heavy atom. The summed E-state index contributed by atoms with van der Waals surface area (Å²) < 4.78 is 3.22. The molecule has 140 valence electrons. The molecular formula is C16H23N7O2S. The van der Waals surface area contributed by atoms with Crippen molar-refractivity contribution in [3.05, 3.63) is 10.4 Å². The number of nitrogens with one attached hydrogen (secondary N) is 2. The first-order valence-corrected chi connectivity index (χ1v) is 9.16. The van der Waals surface area contributed by atoms with E-state index < -0.39 is 0 Å². The maximum absolute atomic E-state index is 12.8. The number of nitrogens with two attached hydrogens (primary N) is 1. The average Bonchev–Trinajstić information content (AvgIpc) is 2.96. The molecule has 0 radical (unpaired) electrons. The van der Waals surface area contributed by atoms with Crippen molar-refractivity contribution in [1.82, 2.24) is 24.4 Å². The lowest BCUT2D eigenvalue weighted by atomic mass is 10.5. The summed E-state index contributed by atoms with van der Waals surface area (Å²) in [4.78, 5) is 32.7. The van der Waals surface area contributed by atoms with Crippen molar-refractivity contribution in [2.24, 2.45) is 12.8 Å². The number of hydrogen-bond acceptors (Lipinski definition) is 7. The molecule has 0 fully saturated rings. The number of carbonyl (C=O) groups is 1. The van der Waals surface area contributed by atoms with Gasteiger partial charge in [0, 0.05) is 39.4 Å². The summed E-state index contributed by atoms with van der Waals surface area (Å²) in [6, 6.07) is 0. The number of hydrogen-bond donors (Lipinski definition) is 3. The molecular weight excluding hydrogens is 354 g/mol. The van der Waals surface area contributed by atoms with Crippen LogP contribution in [-0.4, -0.2) is 50.4 Å². The zero-order valence-corrected chi connectivity index (χ0v) is 15.9. The summed E-state index contributed by atoms with van der Waals surface area (Å²) in [6.45, 7) is 5.02. The molecule has 2 rings (SSSR count). The zero-order chi connectivity index (χ0) is 19.1. The van der Waals surface area contributed by atoms with E-state index in [9.17, 15) is 9.59 Å². The molecule has 0 aliphatic carbocycles. The normalized spacial score (nSPS) is 10.5. The molecule has 0 saturated carbocycles. The molecule has 0 atom stereocenters. The Kier molecular flexibility index (Phi) is 7.06. The van der Waals surface area contributed by atoms with Crippen LogP contribution in [0.2, 0.25) is 0 Å². The van der Waals surface area contributed by atoms with Gasteiger partial charge in [-0.05, 0) is 6.92 Å². The summed E-state index contributed by atoms with van der Waals surface area (Å²) in [5.74, 6) is 6.82. The maximum atomic E-state index is 12.8. The van der Waals surface area contributed by atoms with Crippen LogP contribution in [0.1, 0.15) is 13.8 Å². The van der Waals surface area contributed by atoms with E-state index in [-0.39, 0.29) is 11.5 Å². The average molecular weight is 377 g/mol. The van der Waals surface area contributed by atoms with Gasteiger partial charge in [-0.3, -0.25) is 18.7 Å². The summed E-state index contributed by atoms with van der Waals surface area (Å²) in [7, 11) is 1.67. The quantitative estimate of drug-likeness (QED) is 0.251. The molecule has 0 saturated heterocycles. The van der Waals surface area contributed by atoms with Crippen LogP contribution in [0.5, 0.6) is 0 Å². The number of aromatic nitrogens is 4. The third-order valence-electron chi connectivity index (χ3n) is 3.49. The first-order valence-electron chi connectivity index (χ1n) is 8.17. The van der Waals surface area contributed by atoms with Gasteiger partial charge < -0.3 is 16.4 Å². The Morgan fingerprint density at radius 1 is 1.35 bits per heavy atom. The van der Waals surface area contributed by atoms with E-state index >= 15 is 0 Å². The molecule has 0 aliphatic heterocycles. The van der Waals surface area contributed by atoms with Crippen LogP contribution in [0.3, 0.4) is 0 Å². The van der Waals surface area contributed by atoms with Gasteiger partial charge in [0.2, 0.25) is 11.9 Å². The van der Waals surface area contributed by atoms with E-state index in [2.05, 4.69) is 32.4 Å². The van der Waals surface area contributed by atoms with Crippen LogP contribution in [0, 0.1) is 11.8 Å². The van der Waals surface area contributed by atoms with Crippen molar-refractivity contribution in [3.8, 4) is 11.8 Å². The van der Waals surface area contributed by atoms with Crippen molar-refractivity contribution in [2.45, 2.75) is 25.5 Å². The predicted molar refractivity (Wildman–Crippen MR) is 103 cm³/mol. The molecule has 2 heterocycles. The number of carbonyl (C=O) groups excluding carboxylic acids is 1. The highest BCUT2D eigenvalue weighted by molar-refractivity contribution is 7.99. The molecule has 0 aliphatic rings. The first kappa shape index (κ1) is 19.8. The third-order valence-corrected chi connectivity index (χ3v) is 4.53. The summed E-state index contributed by atoms with van der Waals surface area (Å²) in [6.07, 6.45) is 0. The van der Waals surface area contributed by atoms with Gasteiger partial charge in [-0.15, -0.1) is 5.92 Å². The number of anilines is 1. The fourth-order valence-electron chi connectivity index (χ4n) is 2.27. The number of fused-ring (bicyclic) bond motifs is 1. The summed E-state index contributed by atoms with van der Waals surface area (Å²) in [5, 5.41) is 6.37. The van der Waals surface area contributed by atoms with Gasteiger partial charge in [-0.25, -0.2) is 4.98 Å². The Morgan fingerprint density at radius 3 is 2.77 bits per heavy atom. The van der Waals surface area contributed by atoms with E-state index in [1.165, 1.54) is 23.3 Å². The van der Waals surface area contributed by atoms with E-state index in [4.69, 9.17) is 5.73 Å². The van der Waals surface area contributed by atoms with Gasteiger partial charge in [0.25, 0.3) is 5.56 Å². The van der Waals surface area contributed by atoms with Gasteiger partial charge >= 0.3 is 0 Å². The third kappa shape index (κ3) is 4.56. The number of rotatable bonds is 8. The van der Waals surface area contributed by atoms with E-state index in [1.807, 2.05) is 0 Å². The lowest BCUT2D eigenvalue weighted by Gasteiger charge is -2.09. The lowest BCUT2D eigenvalue weighted by molar-refractivity contribution is -0.118. The Balaban J connectivity index is 2.40. The summed E-state index contributed by atoms with van der Waals surface area (Å²) >= 11 is 1.39. The highest BCUT2D eigenvalue weighted by Crippen LogP contribution is 2.19. The number of imidazole rings is 1. The fourth-order valence-corrected chi connectivity index (χ4v) is 3.08. The highest BCUT2D eigenvalue weighted by atomic mass is 32.2. The first-order chi connectivity index (χ1) is 12.5. The Bertz CT molecular complexity index is 907. The zero-order valence-electron chi connectivity index (χ0n) is 15.1. The molecule has 0 spiro atoms. The Hall–Kier alpha value is -2.51. The van der Waals surface area contributed by atoms with Crippen LogP contribution < -0.4 is 21.9 Å². The van der Waals surface area contributed by atoms with Crippen molar-refractivity contribution < 1.29 is 4.79 Å². The highest BCUT2D eigenvalue weighted by Gasteiger charge is 2.18. The number of thioether (sulfide) groups is 1. The van der Waals surface area contributed by atoms with Gasteiger partial charge in [0.15, 0.2) is 16.3 Å². The SMILES string of the molecule is CC#CCn1c(NCCN)nc2nc(SCCNC(C)=O)n(C)c(=O)c21. The van der Waals surface area contributed by atoms with Gasteiger partial charge in [-0.1, -0.05) is 17.7 Å². The van der Waals surface area contributed by atoms with E-state index in [0.717, 1.165) is 0 Å². The smallest absolute Gasteiger partial charge is 0.280 e. The monoisotopic (exact) mass is 377 g/mol. The molecule has 1 amide bonds. The largest absolute Gasteiger partial charge is 0.356 e. The second-order valence-electron chi connectivity index (χ2n) is 5.43. The van der Waals surface area contributed by atoms with E-state index in [1.54, 1.807) is 18.5 Å². The van der Waals surface area contributed by atoms with Crippen molar-refractivity contribution in [1.29, 1.82) is 0 Å². The number of amides is 1. The maximum Gasteiger partial charge on any atom is 0.280 e. The minimum atomic E-state index is -0.191. The van der Waals surface area contributed by atoms with Crippen molar-refractivity contribution in [2.75, 3.05) is 30.7 Å². The molecule has 26 heavy (non-hydrogen) atoms. The predicted octanol–water partition coefficient (Wildman–Crippen LogP) is -0.248. The van der Waals surface area contributed by atoms with E-state index in [0.29, 0.717) is 54.2 Å². The molecule has 10 heteroatoms. The van der Waals surface area contributed by atoms with Gasteiger partial charge in [0.05, 0.1) is 6.54 Å². The Labute approximate surface area is 155 Å². The molecule has 0 unspecified atom stereocenters. The van der Waals surface area contributed by atoms with Gasteiger partial charge in [-0.2, -0.15) is 4.98 Å². The fraction of sp³-hybridized carbons (Fsp3) is 0.500. The molecule has 4 N–H and O–H groups in total. The molecule has 0 bridgehead atoms. The second kappa shape index (κ2) is 9.26. The topological polar surface area (TPSA) is 120 Å². The molecule has 0 aromatic carbocycles. The summed E-state index contributed by atoms with van der Waals surface area (Å²) in [5.41, 5.74) is 6.13. The van der Waals surface area contributed by atoms with Gasteiger partial charge in [0.1, 0.15) is 0 Å². The number of nitrogens with zero attached hydrogens (tertiary/aromatic N) is 4. The van der Waals surface area contributed by atoms with Crippen LogP contribution in [0.25, 0.3) is 11.2 Å². The second-order valence-corrected chi connectivity index (χ2v) is 6.49. The van der Waals surface area contributed by atoms with Crippen LogP contribution in [-0.2, 0) is 18.4 Å². The van der Waals surface area contributed by atoms with Crippen LogP contribution in [0.4, 0.5) is 5.95 Å². The van der Waals surface area contributed by atoms with Crippen LogP contribution in [0.15, 0.2) is 9.95 Å². The molecule has 2 aromatic rings. The minimum absolute atomic E-state index is 0.0886. The molecule has 9 nitrogen and oxygen atoms in total. The molecule has 2 aromatic heterocycles. The van der Waals surface area contributed by atoms with Crippen molar-refractivity contribution >= 4 is 34.8 Å². The standard InChI is InChI=1S/C16H23N7O2S/c1-4-5-9-23-12-13(20-15(23)19-7-6-17)21-16(22(3)14(12)25)26-10-8-18-11(2)24/h6-10,17H2,1-3H3,(H,18,24)(H,19,20). The van der Waals surface area contributed by atoms with Crippen molar-refractivity contribution in [3.63, 3.8) is 0 Å². The minimum Gasteiger partial charge on any atom is -0.356 e. The lowest BCUT2D eigenvalue weighted by Crippen LogP contribution is -2.24.